The van der Waals surface area contributed by atoms with Crippen LogP contribution in [0.2, 0.25) is 0 Å². The Bertz CT molecular complexity index is 1210. The van der Waals surface area contributed by atoms with E-state index in [0.29, 0.717) is 19.5 Å². The van der Waals surface area contributed by atoms with Crippen LogP contribution >= 0.6 is 0 Å². The molecule has 1 N–H and O–H groups in total. The number of hydrogen-bond donors (Lipinski definition) is 1. The third-order valence-corrected chi connectivity index (χ3v) is 6.26. The van der Waals surface area contributed by atoms with Gasteiger partial charge in [-0.25, -0.2) is 13.9 Å². The lowest BCUT2D eigenvalue weighted by Gasteiger charge is -2.32. The molecule has 0 bridgehead atoms. The molecule has 0 atom stereocenters. The first-order valence-electron chi connectivity index (χ1n) is 12.7. The molecule has 0 fully saturated rings. The van der Waals surface area contributed by atoms with Crippen LogP contribution < -0.4 is 9.88 Å². The highest BCUT2D eigenvalue weighted by Crippen LogP contribution is 2.36. The van der Waals surface area contributed by atoms with Gasteiger partial charge in [0.15, 0.2) is 5.54 Å². The molecule has 0 aliphatic rings. The number of aromatic nitrogens is 2. The smallest absolute Gasteiger partial charge is 0.407 e. The molecule has 1 heterocycles. The van der Waals surface area contributed by atoms with Gasteiger partial charge in [0.1, 0.15) is 24.0 Å². The fourth-order valence-corrected chi connectivity index (χ4v) is 4.78. The Balaban J connectivity index is 1.82. The molecule has 37 heavy (non-hydrogen) atoms. The summed E-state index contributed by atoms with van der Waals surface area (Å²) < 4.78 is 9.89. The zero-order valence-corrected chi connectivity index (χ0v) is 21.9. The minimum Gasteiger partial charge on any atom is -0.444 e. The van der Waals surface area contributed by atoms with E-state index < -0.39 is 17.2 Å². The van der Waals surface area contributed by atoms with Gasteiger partial charge in [-0.15, -0.1) is 0 Å². The fraction of sp³-hybridized carbons (Fsp3) is 0.250. The third-order valence-electron chi connectivity index (χ3n) is 6.26. The lowest BCUT2D eigenvalue weighted by atomic mass is 9.77. The number of nitrogens with one attached hydrogen (secondary N) is 1. The Kier molecular flexibility index (Phi) is 7.92. The molecule has 1 aromatic heterocycles. The Morgan fingerprint density at radius 3 is 1.81 bits per heavy atom. The highest BCUT2D eigenvalue weighted by Gasteiger charge is 2.43. The van der Waals surface area contributed by atoms with Crippen LogP contribution in [-0.2, 0) is 23.2 Å². The molecule has 4 aromatic rings. The van der Waals surface area contributed by atoms with Gasteiger partial charge in [-0.05, 0) is 20.8 Å². The summed E-state index contributed by atoms with van der Waals surface area (Å²) >= 11 is 0. The van der Waals surface area contributed by atoms with E-state index in [0.717, 1.165) is 22.4 Å². The molecule has 0 aliphatic carbocycles. The molecule has 190 valence electrons. The van der Waals surface area contributed by atoms with E-state index >= 15 is 0 Å². The summed E-state index contributed by atoms with van der Waals surface area (Å²) in [5.41, 5.74) is 3.44. The van der Waals surface area contributed by atoms with E-state index in [9.17, 15) is 4.79 Å². The maximum absolute atomic E-state index is 12.2. The average Bonchev–Trinajstić information content (AvgIpc) is 3.28. The van der Waals surface area contributed by atoms with Crippen LogP contribution in [0.3, 0.4) is 0 Å². The molecule has 0 spiro atoms. The number of allylic oxidation sites excluding steroid dienone is 1. The first kappa shape index (κ1) is 26.0. The van der Waals surface area contributed by atoms with Crippen LogP contribution in [0.1, 0.15) is 43.2 Å². The normalized spacial score (nSPS) is 11.6. The first-order chi connectivity index (χ1) is 17.8. The largest absolute Gasteiger partial charge is 0.444 e. The van der Waals surface area contributed by atoms with E-state index in [-0.39, 0.29) is 0 Å². The summed E-state index contributed by atoms with van der Waals surface area (Å²) in [5, 5.41) is 2.89. The van der Waals surface area contributed by atoms with Crippen LogP contribution in [0.4, 0.5) is 4.79 Å². The zero-order chi connectivity index (χ0) is 26.3. The molecule has 3 aromatic carbocycles. The third kappa shape index (κ3) is 5.83. The summed E-state index contributed by atoms with van der Waals surface area (Å²) in [5.74, 6) is 0. The van der Waals surface area contributed by atoms with Gasteiger partial charge in [-0.2, -0.15) is 0 Å². The first-order valence-corrected chi connectivity index (χ1v) is 12.7. The van der Waals surface area contributed by atoms with E-state index in [1.54, 1.807) is 0 Å². The predicted octanol–water partition coefficient (Wildman–Crippen LogP) is 5.87. The van der Waals surface area contributed by atoms with Crippen LogP contribution in [0.5, 0.6) is 0 Å². The van der Waals surface area contributed by atoms with Gasteiger partial charge < -0.3 is 10.1 Å². The standard InChI is InChI=1S/C32H35N3O2/c1-5-23-34-25-35(24-29(34)21-22-33-30(36)37-31(2,3)4)32(26-15-9-6-10-16-26,27-17-11-7-12-18-27)28-19-13-8-14-20-28/h5-20,24-25H,1,21-23H2,2-4H3/p+1. The minimum atomic E-state index is -0.594. The van der Waals surface area contributed by atoms with Crippen molar-refractivity contribution in [2.75, 3.05) is 6.54 Å². The summed E-state index contributed by atoms with van der Waals surface area (Å²) in [4.78, 5) is 12.2. The number of rotatable bonds is 9. The molecule has 0 radical (unpaired) electrons. The fourth-order valence-electron chi connectivity index (χ4n) is 4.78. The predicted molar refractivity (Wildman–Crippen MR) is 147 cm³/mol. The maximum Gasteiger partial charge on any atom is 0.407 e. The maximum atomic E-state index is 12.2. The second-order valence-corrected chi connectivity index (χ2v) is 10.1. The Hall–Kier alpha value is -4.12. The van der Waals surface area contributed by atoms with Gasteiger partial charge in [0.2, 0.25) is 6.33 Å². The Morgan fingerprint density at radius 2 is 1.38 bits per heavy atom. The number of benzene rings is 3. The molecule has 0 saturated heterocycles. The van der Waals surface area contributed by atoms with Crippen LogP contribution in [0.25, 0.3) is 0 Å². The molecule has 0 saturated carbocycles. The molecule has 5 nitrogen and oxygen atoms in total. The van der Waals surface area contributed by atoms with Gasteiger partial charge in [-0.1, -0.05) is 104 Å². The number of amides is 1. The quantitative estimate of drug-likeness (QED) is 0.180. The molecule has 0 aliphatic heterocycles. The van der Waals surface area contributed by atoms with Gasteiger partial charge in [-0.3, -0.25) is 0 Å². The van der Waals surface area contributed by atoms with Crippen LogP contribution in [0, 0.1) is 0 Å². The summed E-state index contributed by atoms with van der Waals surface area (Å²) in [6.07, 6.45) is 6.47. The molecular formula is C32H36N3O2+. The van der Waals surface area contributed by atoms with Crippen molar-refractivity contribution in [3.05, 3.63) is 139 Å². The second-order valence-electron chi connectivity index (χ2n) is 10.1. The summed E-state index contributed by atoms with van der Waals surface area (Å²) in [6.45, 7) is 10.7. The molecule has 1 amide bonds. The van der Waals surface area contributed by atoms with Crippen LogP contribution in [-0.4, -0.2) is 22.8 Å². The van der Waals surface area contributed by atoms with Crippen molar-refractivity contribution in [2.24, 2.45) is 0 Å². The Labute approximate surface area is 220 Å². The molecule has 4 rings (SSSR count). The topological polar surface area (TPSA) is 47.1 Å². The number of nitrogens with zero attached hydrogens (tertiary/aromatic N) is 2. The van der Waals surface area contributed by atoms with Crippen molar-refractivity contribution < 1.29 is 14.1 Å². The van der Waals surface area contributed by atoms with Crippen LogP contribution in [0.15, 0.2) is 116 Å². The van der Waals surface area contributed by atoms with Gasteiger partial charge in [0.25, 0.3) is 0 Å². The van der Waals surface area contributed by atoms with Crippen molar-refractivity contribution in [2.45, 2.75) is 44.9 Å². The number of carbonyl (C=O) groups excluding carboxylic acids is 1. The average molecular weight is 495 g/mol. The highest BCUT2D eigenvalue weighted by atomic mass is 16.6. The van der Waals surface area contributed by atoms with Crippen molar-refractivity contribution in [3.63, 3.8) is 0 Å². The molecular weight excluding hydrogens is 458 g/mol. The minimum absolute atomic E-state index is 0.408. The lowest BCUT2D eigenvalue weighted by Crippen LogP contribution is -2.57. The molecule has 5 heteroatoms. The van der Waals surface area contributed by atoms with Crippen molar-refractivity contribution >= 4 is 6.09 Å². The number of carbonyl (C=O) groups is 1. The number of ether oxygens (including phenoxy) is 1. The number of imidazole rings is 1. The second kappa shape index (κ2) is 11.3. The highest BCUT2D eigenvalue weighted by molar-refractivity contribution is 5.67. The van der Waals surface area contributed by atoms with E-state index in [1.807, 2.05) is 45.0 Å². The van der Waals surface area contributed by atoms with Crippen molar-refractivity contribution in [1.29, 1.82) is 0 Å². The molecule has 0 unspecified atom stereocenters. The monoisotopic (exact) mass is 494 g/mol. The van der Waals surface area contributed by atoms with Crippen molar-refractivity contribution in [3.8, 4) is 0 Å². The number of hydrogen-bond acceptors (Lipinski definition) is 2. The summed E-state index contributed by atoms with van der Waals surface area (Å²) in [6, 6.07) is 31.8. The van der Waals surface area contributed by atoms with E-state index in [1.165, 1.54) is 0 Å². The Morgan fingerprint density at radius 1 is 0.892 bits per heavy atom. The van der Waals surface area contributed by atoms with Gasteiger partial charge >= 0.3 is 6.09 Å². The number of alkyl carbamates (subject to hydrolysis) is 1. The SMILES string of the molecule is C=CCn1c[n+](C(c2ccccc2)(c2ccccc2)c2ccccc2)cc1CCNC(=O)OC(C)(C)C. The summed E-state index contributed by atoms with van der Waals surface area (Å²) in [7, 11) is 0. The zero-order valence-electron chi connectivity index (χ0n) is 21.9. The van der Waals surface area contributed by atoms with E-state index in [4.69, 9.17) is 4.74 Å². The van der Waals surface area contributed by atoms with Gasteiger partial charge in [0.05, 0.1) is 0 Å². The van der Waals surface area contributed by atoms with E-state index in [2.05, 4.69) is 106 Å². The lowest BCUT2D eigenvalue weighted by molar-refractivity contribution is -0.734. The van der Waals surface area contributed by atoms with Crippen molar-refractivity contribution in [1.82, 2.24) is 9.88 Å². The van der Waals surface area contributed by atoms with Gasteiger partial charge in [0, 0.05) is 29.7 Å².